The van der Waals surface area contributed by atoms with Crippen LogP contribution in [0.5, 0.6) is 0 Å². The molecule has 1 aromatic carbocycles. The Morgan fingerprint density at radius 1 is 1.59 bits per heavy atom. The molecule has 2 rings (SSSR count). The van der Waals surface area contributed by atoms with E-state index < -0.39 is 16.4 Å². The molecule has 0 heterocycles. The zero-order valence-electron chi connectivity index (χ0n) is 9.87. The molecular formula is C12H15FN2O2. The van der Waals surface area contributed by atoms with Crippen LogP contribution in [0.3, 0.4) is 0 Å². The highest BCUT2D eigenvalue weighted by Crippen LogP contribution is 2.44. The fourth-order valence-corrected chi connectivity index (χ4v) is 1.89. The minimum absolute atomic E-state index is 0.261. The fraction of sp³-hybridized carbons (Fsp3) is 0.500. The summed E-state index contributed by atoms with van der Waals surface area (Å²) in [6.45, 7) is 4.60. The van der Waals surface area contributed by atoms with Crippen LogP contribution in [0.15, 0.2) is 18.2 Å². The Kier molecular flexibility index (Phi) is 2.87. The quantitative estimate of drug-likeness (QED) is 0.648. The molecule has 1 N–H and O–H groups in total. The molecule has 0 aliphatic heterocycles. The third-order valence-corrected chi connectivity index (χ3v) is 3.31. The zero-order valence-corrected chi connectivity index (χ0v) is 9.87. The summed E-state index contributed by atoms with van der Waals surface area (Å²) in [5.74, 6) is -0.733. The van der Waals surface area contributed by atoms with Crippen molar-refractivity contribution in [3.63, 3.8) is 0 Å². The van der Waals surface area contributed by atoms with Gasteiger partial charge in [0.15, 0.2) is 0 Å². The minimum Gasteiger partial charge on any atom is -0.309 e. The number of nitrogens with one attached hydrogen (secondary N) is 1. The summed E-state index contributed by atoms with van der Waals surface area (Å²) in [6, 6.07) is 4.64. The highest BCUT2D eigenvalue weighted by molar-refractivity contribution is 5.36. The maximum Gasteiger partial charge on any atom is 0.305 e. The van der Waals surface area contributed by atoms with Gasteiger partial charge >= 0.3 is 5.69 Å². The highest BCUT2D eigenvalue weighted by Gasteiger charge is 2.45. The van der Waals surface area contributed by atoms with Gasteiger partial charge in [-0.1, -0.05) is 26.0 Å². The van der Waals surface area contributed by atoms with Crippen LogP contribution in [0, 0.1) is 21.3 Å². The van der Waals surface area contributed by atoms with Gasteiger partial charge in [0, 0.05) is 24.2 Å². The molecule has 0 saturated heterocycles. The summed E-state index contributed by atoms with van der Waals surface area (Å²) in [7, 11) is 0. The van der Waals surface area contributed by atoms with E-state index in [0.29, 0.717) is 18.2 Å². The monoisotopic (exact) mass is 238 g/mol. The van der Waals surface area contributed by atoms with Gasteiger partial charge in [0.25, 0.3) is 0 Å². The normalized spacial score (nSPS) is 21.2. The van der Waals surface area contributed by atoms with Gasteiger partial charge in [-0.25, -0.2) is 0 Å². The zero-order chi connectivity index (χ0) is 12.6. The predicted molar refractivity (Wildman–Crippen MR) is 62.1 cm³/mol. The molecule has 1 aliphatic rings. The maximum absolute atomic E-state index is 13.7. The van der Waals surface area contributed by atoms with E-state index in [0.717, 1.165) is 6.42 Å². The number of nitro groups is 1. The Balaban J connectivity index is 2.06. The summed E-state index contributed by atoms with van der Waals surface area (Å²) in [4.78, 5) is 9.88. The molecule has 0 amide bonds. The Bertz CT molecular complexity index is 460. The molecule has 0 spiro atoms. The third-order valence-electron chi connectivity index (χ3n) is 3.31. The van der Waals surface area contributed by atoms with Crippen LogP contribution in [-0.2, 0) is 6.54 Å². The lowest BCUT2D eigenvalue weighted by molar-refractivity contribution is -0.387. The summed E-state index contributed by atoms with van der Waals surface area (Å²) >= 11 is 0. The number of hydrogen-bond donors (Lipinski definition) is 1. The van der Waals surface area contributed by atoms with Crippen LogP contribution in [0.2, 0.25) is 0 Å². The standard InChI is InChI=1S/C12H15FN2O2/c1-12(2)6-10(12)14-7-8-4-3-5-9(11(8)13)15(16)17/h3-5,10,14H,6-7H2,1-2H3. The van der Waals surface area contributed by atoms with Crippen molar-refractivity contribution in [1.29, 1.82) is 0 Å². The first kappa shape index (κ1) is 12.0. The molecular weight excluding hydrogens is 223 g/mol. The number of hydrogen-bond acceptors (Lipinski definition) is 3. The summed E-state index contributed by atoms with van der Waals surface area (Å²) in [5.41, 5.74) is 0.151. The van der Waals surface area contributed by atoms with Crippen molar-refractivity contribution in [2.45, 2.75) is 32.9 Å². The van der Waals surface area contributed by atoms with Crippen LogP contribution < -0.4 is 5.32 Å². The minimum atomic E-state index is -0.733. The van der Waals surface area contributed by atoms with Crippen molar-refractivity contribution in [2.75, 3.05) is 0 Å². The number of rotatable bonds is 4. The average molecular weight is 238 g/mol. The van der Waals surface area contributed by atoms with Crippen molar-refractivity contribution in [2.24, 2.45) is 5.41 Å². The maximum atomic E-state index is 13.7. The topological polar surface area (TPSA) is 55.2 Å². The van der Waals surface area contributed by atoms with Gasteiger partial charge in [-0.2, -0.15) is 4.39 Å². The average Bonchev–Trinajstić information content (AvgIpc) is 2.84. The molecule has 1 aromatic rings. The second kappa shape index (κ2) is 4.07. The molecule has 0 aromatic heterocycles. The van der Waals surface area contributed by atoms with Crippen LogP contribution >= 0.6 is 0 Å². The van der Waals surface area contributed by atoms with Gasteiger partial charge in [-0.15, -0.1) is 0 Å². The molecule has 1 fully saturated rings. The van der Waals surface area contributed by atoms with E-state index in [1.165, 1.54) is 12.1 Å². The van der Waals surface area contributed by atoms with Gasteiger partial charge in [0.2, 0.25) is 5.82 Å². The summed E-state index contributed by atoms with van der Waals surface area (Å²) in [6.07, 6.45) is 1.06. The first-order valence-corrected chi connectivity index (χ1v) is 5.57. The molecule has 0 bridgehead atoms. The predicted octanol–water partition coefficient (Wildman–Crippen LogP) is 2.62. The molecule has 1 atom stereocenters. The molecule has 5 heteroatoms. The van der Waals surface area contributed by atoms with Crippen LogP contribution in [0.25, 0.3) is 0 Å². The van der Waals surface area contributed by atoms with E-state index in [9.17, 15) is 14.5 Å². The van der Waals surface area contributed by atoms with E-state index in [1.807, 2.05) is 0 Å². The molecule has 17 heavy (non-hydrogen) atoms. The first-order chi connectivity index (χ1) is 7.92. The Hall–Kier alpha value is -1.49. The number of nitrogens with zero attached hydrogens (tertiary/aromatic N) is 1. The largest absolute Gasteiger partial charge is 0.309 e. The highest BCUT2D eigenvalue weighted by atomic mass is 19.1. The summed E-state index contributed by atoms with van der Waals surface area (Å²) < 4.78 is 13.7. The first-order valence-electron chi connectivity index (χ1n) is 5.57. The fourth-order valence-electron chi connectivity index (χ4n) is 1.89. The van der Waals surface area contributed by atoms with Gasteiger partial charge in [0.1, 0.15) is 0 Å². The Morgan fingerprint density at radius 3 is 2.76 bits per heavy atom. The molecule has 0 radical (unpaired) electrons. The smallest absolute Gasteiger partial charge is 0.305 e. The van der Waals surface area contributed by atoms with Gasteiger partial charge in [0.05, 0.1) is 4.92 Å². The van der Waals surface area contributed by atoms with E-state index in [2.05, 4.69) is 19.2 Å². The Labute approximate surface area is 99.0 Å². The van der Waals surface area contributed by atoms with Gasteiger partial charge < -0.3 is 5.32 Å². The van der Waals surface area contributed by atoms with E-state index in [4.69, 9.17) is 0 Å². The number of benzene rings is 1. The van der Waals surface area contributed by atoms with Gasteiger partial charge in [-0.05, 0) is 11.8 Å². The van der Waals surface area contributed by atoms with Crippen LogP contribution in [-0.4, -0.2) is 11.0 Å². The van der Waals surface area contributed by atoms with Crippen molar-refractivity contribution in [3.05, 3.63) is 39.7 Å². The lowest BCUT2D eigenvalue weighted by atomic mass is 10.1. The number of nitro benzene ring substituents is 1. The van der Waals surface area contributed by atoms with Crippen LogP contribution in [0.4, 0.5) is 10.1 Å². The van der Waals surface area contributed by atoms with Crippen molar-refractivity contribution >= 4 is 5.69 Å². The molecule has 1 aliphatic carbocycles. The van der Waals surface area contributed by atoms with Crippen LogP contribution in [0.1, 0.15) is 25.8 Å². The number of halogens is 1. The SMILES string of the molecule is CC1(C)CC1NCc1cccc([N+](=O)[O-])c1F. The summed E-state index contributed by atoms with van der Waals surface area (Å²) in [5, 5.41) is 13.8. The van der Waals surface area contributed by atoms with E-state index >= 15 is 0 Å². The van der Waals surface area contributed by atoms with E-state index in [1.54, 1.807) is 6.07 Å². The van der Waals surface area contributed by atoms with E-state index in [-0.39, 0.29) is 5.41 Å². The molecule has 1 unspecified atom stereocenters. The van der Waals surface area contributed by atoms with Crippen molar-refractivity contribution < 1.29 is 9.31 Å². The van der Waals surface area contributed by atoms with Crippen molar-refractivity contribution in [3.8, 4) is 0 Å². The third kappa shape index (κ3) is 2.44. The lowest BCUT2D eigenvalue weighted by Crippen LogP contribution is -2.20. The van der Waals surface area contributed by atoms with Gasteiger partial charge in [-0.3, -0.25) is 10.1 Å². The molecule has 4 nitrogen and oxygen atoms in total. The Morgan fingerprint density at radius 2 is 2.24 bits per heavy atom. The van der Waals surface area contributed by atoms with Crippen molar-refractivity contribution in [1.82, 2.24) is 5.32 Å². The second-order valence-corrected chi connectivity index (χ2v) is 5.13. The molecule has 1 saturated carbocycles. The lowest BCUT2D eigenvalue weighted by Gasteiger charge is -2.07. The second-order valence-electron chi connectivity index (χ2n) is 5.13. The molecule has 92 valence electrons.